The van der Waals surface area contributed by atoms with Gasteiger partial charge >= 0.3 is 0 Å². The second kappa shape index (κ2) is 7.87. The second-order valence-electron chi connectivity index (χ2n) is 7.91. The van der Waals surface area contributed by atoms with Gasteiger partial charge in [0.05, 0.1) is 11.1 Å². The SMILES string of the molecule is O=C(Nc1cccc(OCc2cn3ccccc3n2)c1)C1(c2cccc(F)c2)CCC1. The Labute approximate surface area is 179 Å². The summed E-state index contributed by atoms with van der Waals surface area (Å²) >= 11 is 0. The molecule has 0 bridgehead atoms. The molecule has 1 fully saturated rings. The molecule has 0 spiro atoms. The summed E-state index contributed by atoms with van der Waals surface area (Å²) in [5.74, 6) is 0.212. The van der Waals surface area contributed by atoms with Crippen molar-refractivity contribution < 1.29 is 13.9 Å². The molecule has 0 aliphatic heterocycles. The number of rotatable bonds is 6. The van der Waals surface area contributed by atoms with E-state index in [1.165, 1.54) is 12.1 Å². The summed E-state index contributed by atoms with van der Waals surface area (Å²) in [5, 5.41) is 3.00. The highest BCUT2D eigenvalue weighted by molar-refractivity contribution is 6.00. The zero-order valence-corrected chi connectivity index (χ0v) is 16.9. The van der Waals surface area contributed by atoms with Gasteiger partial charge in [-0.2, -0.15) is 0 Å². The van der Waals surface area contributed by atoms with Gasteiger partial charge in [-0.1, -0.05) is 30.7 Å². The van der Waals surface area contributed by atoms with Crippen LogP contribution in [0.25, 0.3) is 5.65 Å². The van der Waals surface area contributed by atoms with E-state index in [-0.39, 0.29) is 11.7 Å². The molecule has 0 unspecified atom stereocenters. The van der Waals surface area contributed by atoms with Crippen molar-refractivity contribution >= 4 is 17.2 Å². The molecule has 0 radical (unpaired) electrons. The Morgan fingerprint density at radius 1 is 1.10 bits per heavy atom. The number of anilines is 1. The number of benzene rings is 2. The minimum Gasteiger partial charge on any atom is -0.487 e. The minimum atomic E-state index is -0.671. The molecule has 0 saturated heterocycles. The standard InChI is InChI=1S/C25H22FN3O2/c26-19-7-3-6-18(14-19)25(11-5-12-25)24(30)28-20-8-4-9-22(15-20)31-17-21-16-29-13-2-1-10-23(29)27-21/h1-4,6-10,13-16H,5,11-12,17H2,(H,28,30). The van der Waals surface area contributed by atoms with E-state index in [0.717, 1.165) is 23.3 Å². The summed E-state index contributed by atoms with van der Waals surface area (Å²) in [6, 6.07) is 19.5. The van der Waals surface area contributed by atoms with E-state index in [0.29, 0.717) is 30.9 Å². The van der Waals surface area contributed by atoms with E-state index >= 15 is 0 Å². The summed E-state index contributed by atoms with van der Waals surface area (Å²) in [6.07, 6.45) is 6.25. The first-order valence-electron chi connectivity index (χ1n) is 10.4. The maximum absolute atomic E-state index is 13.7. The van der Waals surface area contributed by atoms with Crippen molar-refractivity contribution in [2.75, 3.05) is 5.32 Å². The number of hydrogen-bond acceptors (Lipinski definition) is 3. The summed E-state index contributed by atoms with van der Waals surface area (Å²) < 4.78 is 21.6. The zero-order valence-electron chi connectivity index (χ0n) is 16.9. The van der Waals surface area contributed by atoms with Crippen LogP contribution in [0.3, 0.4) is 0 Å². The van der Waals surface area contributed by atoms with Crippen molar-refractivity contribution in [3.8, 4) is 5.75 Å². The Morgan fingerprint density at radius 3 is 2.74 bits per heavy atom. The largest absolute Gasteiger partial charge is 0.487 e. The van der Waals surface area contributed by atoms with Crippen LogP contribution in [0, 0.1) is 5.82 Å². The fourth-order valence-corrected chi connectivity index (χ4v) is 4.09. The number of halogens is 1. The van der Waals surface area contributed by atoms with Gasteiger partial charge in [0.1, 0.15) is 23.8 Å². The van der Waals surface area contributed by atoms with E-state index in [1.807, 2.05) is 59.3 Å². The first-order chi connectivity index (χ1) is 15.1. The van der Waals surface area contributed by atoms with E-state index in [2.05, 4.69) is 10.3 Å². The summed E-state index contributed by atoms with van der Waals surface area (Å²) in [5.41, 5.74) is 2.40. The van der Waals surface area contributed by atoms with Gasteiger partial charge in [-0.15, -0.1) is 0 Å². The summed E-state index contributed by atoms with van der Waals surface area (Å²) in [4.78, 5) is 17.7. The molecular formula is C25H22FN3O2. The molecule has 1 aliphatic rings. The highest BCUT2D eigenvalue weighted by atomic mass is 19.1. The molecule has 2 aromatic carbocycles. The van der Waals surface area contributed by atoms with Gasteiger partial charge in [0.15, 0.2) is 0 Å². The number of ether oxygens (including phenoxy) is 1. The van der Waals surface area contributed by atoms with Crippen LogP contribution in [0.2, 0.25) is 0 Å². The van der Waals surface area contributed by atoms with E-state index in [4.69, 9.17) is 4.74 Å². The smallest absolute Gasteiger partial charge is 0.235 e. The number of pyridine rings is 1. The third kappa shape index (κ3) is 3.77. The molecule has 1 aliphatic carbocycles. The van der Waals surface area contributed by atoms with Crippen LogP contribution in [0.1, 0.15) is 30.5 Å². The van der Waals surface area contributed by atoms with Crippen molar-refractivity contribution in [2.45, 2.75) is 31.3 Å². The fraction of sp³-hybridized carbons (Fsp3) is 0.200. The molecule has 2 heterocycles. The van der Waals surface area contributed by atoms with Crippen molar-refractivity contribution in [2.24, 2.45) is 0 Å². The molecule has 4 aromatic rings. The average Bonchev–Trinajstić information content (AvgIpc) is 3.15. The first kappa shape index (κ1) is 19.3. The van der Waals surface area contributed by atoms with Gasteiger partial charge in [-0.25, -0.2) is 9.37 Å². The van der Waals surface area contributed by atoms with Crippen LogP contribution < -0.4 is 10.1 Å². The maximum Gasteiger partial charge on any atom is 0.235 e. The number of nitrogens with one attached hydrogen (secondary N) is 1. The Morgan fingerprint density at radius 2 is 1.97 bits per heavy atom. The predicted octanol–water partition coefficient (Wildman–Crippen LogP) is 5.11. The number of carbonyl (C=O) groups excluding carboxylic acids is 1. The number of carbonyl (C=O) groups is 1. The molecule has 5 rings (SSSR count). The number of nitrogens with zero attached hydrogens (tertiary/aromatic N) is 2. The average molecular weight is 415 g/mol. The van der Waals surface area contributed by atoms with Crippen LogP contribution >= 0.6 is 0 Å². The van der Waals surface area contributed by atoms with Crippen LogP contribution in [-0.2, 0) is 16.8 Å². The molecule has 1 N–H and O–H groups in total. The lowest BCUT2D eigenvalue weighted by molar-refractivity contribution is -0.124. The molecule has 5 nitrogen and oxygen atoms in total. The monoisotopic (exact) mass is 415 g/mol. The number of aromatic nitrogens is 2. The molecule has 0 atom stereocenters. The van der Waals surface area contributed by atoms with Crippen molar-refractivity contribution in [1.29, 1.82) is 0 Å². The number of amides is 1. The molecule has 1 amide bonds. The van der Waals surface area contributed by atoms with Crippen molar-refractivity contribution in [3.63, 3.8) is 0 Å². The lowest BCUT2D eigenvalue weighted by atomic mass is 9.63. The third-order valence-corrected chi connectivity index (χ3v) is 5.91. The van der Waals surface area contributed by atoms with E-state index < -0.39 is 5.41 Å². The Hall–Kier alpha value is -3.67. The van der Waals surface area contributed by atoms with E-state index in [1.54, 1.807) is 12.1 Å². The topological polar surface area (TPSA) is 55.6 Å². The Balaban J connectivity index is 1.29. The molecule has 156 valence electrons. The third-order valence-electron chi connectivity index (χ3n) is 5.91. The summed E-state index contributed by atoms with van der Waals surface area (Å²) in [6.45, 7) is 0.326. The predicted molar refractivity (Wildman–Crippen MR) is 117 cm³/mol. The van der Waals surface area contributed by atoms with Crippen LogP contribution in [-0.4, -0.2) is 15.3 Å². The number of hydrogen-bond donors (Lipinski definition) is 1. The molecule has 31 heavy (non-hydrogen) atoms. The highest BCUT2D eigenvalue weighted by Gasteiger charge is 2.45. The second-order valence-corrected chi connectivity index (χ2v) is 7.91. The van der Waals surface area contributed by atoms with Gasteiger partial charge in [0.2, 0.25) is 5.91 Å². The van der Waals surface area contributed by atoms with Gasteiger partial charge in [-0.3, -0.25) is 4.79 Å². The Kier molecular flexibility index (Phi) is 4.90. The fourth-order valence-electron chi connectivity index (χ4n) is 4.09. The molecular weight excluding hydrogens is 393 g/mol. The maximum atomic E-state index is 13.7. The quantitative estimate of drug-likeness (QED) is 0.476. The lowest BCUT2D eigenvalue weighted by Gasteiger charge is -2.40. The molecule has 6 heteroatoms. The van der Waals surface area contributed by atoms with Gasteiger partial charge in [0.25, 0.3) is 0 Å². The highest BCUT2D eigenvalue weighted by Crippen LogP contribution is 2.44. The van der Waals surface area contributed by atoms with Gasteiger partial charge in [0, 0.05) is 24.1 Å². The molecule has 1 saturated carbocycles. The molecule has 2 aromatic heterocycles. The Bertz CT molecular complexity index is 1210. The van der Waals surface area contributed by atoms with Crippen molar-refractivity contribution in [1.82, 2.24) is 9.38 Å². The van der Waals surface area contributed by atoms with Crippen molar-refractivity contribution in [3.05, 3.63) is 96.2 Å². The normalized spacial score (nSPS) is 14.7. The van der Waals surface area contributed by atoms with Crippen LogP contribution in [0.4, 0.5) is 10.1 Å². The summed E-state index contributed by atoms with van der Waals surface area (Å²) in [7, 11) is 0. The number of fused-ring (bicyclic) bond motifs is 1. The zero-order chi connectivity index (χ0) is 21.3. The van der Waals surface area contributed by atoms with Crippen LogP contribution in [0.15, 0.2) is 79.1 Å². The first-order valence-corrected chi connectivity index (χ1v) is 10.4. The lowest BCUT2D eigenvalue weighted by Crippen LogP contribution is -2.46. The van der Waals surface area contributed by atoms with Gasteiger partial charge in [-0.05, 0) is 54.8 Å². The van der Waals surface area contributed by atoms with E-state index in [9.17, 15) is 9.18 Å². The van der Waals surface area contributed by atoms with Gasteiger partial charge < -0.3 is 14.5 Å². The minimum absolute atomic E-state index is 0.109. The van der Waals surface area contributed by atoms with Crippen LogP contribution in [0.5, 0.6) is 5.75 Å². The number of imidazole rings is 1.